The molecule has 0 bridgehead atoms. The van der Waals surface area contributed by atoms with E-state index in [1.807, 2.05) is 24.3 Å². The zero-order chi connectivity index (χ0) is 18.0. The van der Waals surface area contributed by atoms with E-state index < -0.39 is 0 Å². The SMILES string of the molecule is CCCCCCCCCCCCCCC=CC(=O)Oc1ccccc1. The van der Waals surface area contributed by atoms with Crippen molar-refractivity contribution in [2.45, 2.75) is 90.4 Å². The van der Waals surface area contributed by atoms with Crippen molar-refractivity contribution in [3.8, 4) is 5.75 Å². The number of hydrogen-bond acceptors (Lipinski definition) is 2. The van der Waals surface area contributed by atoms with Crippen LogP contribution in [0.25, 0.3) is 0 Å². The van der Waals surface area contributed by atoms with E-state index in [0.717, 1.165) is 12.8 Å². The molecular formula is C23H36O2. The van der Waals surface area contributed by atoms with Crippen LogP contribution in [-0.4, -0.2) is 5.97 Å². The van der Waals surface area contributed by atoms with Crippen LogP contribution in [0, 0.1) is 0 Å². The Kier molecular flexibility index (Phi) is 13.7. The molecule has 0 fully saturated rings. The van der Waals surface area contributed by atoms with E-state index in [9.17, 15) is 4.79 Å². The fraction of sp³-hybridized carbons (Fsp3) is 0.609. The van der Waals surface area contributed by atoms with Crippen molar-refractivity contribution >= 4 is 5.97 Å². The second kappa shape index (κ2) is 15.9. The van der Waals surface area contributed by atoms with Crippen LogP contribution in [0.5, 0.6) is 5.75 Å². The molecule has 0 radical (unpaired) electrons. The minimum absolute atomic E-state index is 0.287. The third kappa shape index (κ3) is 13.4. The first-order chi connectivity index (χ1) is 12.3. The number of allylic oxidation sites excluding steroid dienone is 1. The summed E-state index contributed by atoms with van der Waals surface area (Å²) in [6, 6.07) is 9.20. The van der Waals surface area contributed by atoms with Crippen molar-refractivity contribution in [3.63, 3.8) is 0 Å². The maximum atomic E-state index is 11.6. The van der Waals surface area contributed by atoms with Gasteiger partial charge in [-0.05, 0) is 25.0 Å². The van der Waals surface area contributed by atoms with Crippen molar-refractivity contribution in [3.05, 3.63) is 42.5 Å². The fourth-order valence-electron chi connectivity index (χ4n) is 2.92. The van der Waals surface area contributed by atoms with Gasteiger partial charge in [0.05, 0.1) is 0 Å². The van der Waals surface area contributed by atoms with E-state index in [-0.39, 0.29) is 5.97 Å². The zero-order valence-electron chi connectivity index (χ0n) is 16.1. The zero-order valence-corrected chi connectivity index (χ0v) is 16.1. The van der Waals surface area contributed by atoms with Crippen LogP contribution in [-0.2, 0) is 4.79 Å². The van der Waals surface area contributed by atoms with Crippen molar-refractivity contribution in [2.75, 3.05) is 0 Å². The Hall–Kier alpha value is -1.57. The molecule has 0 spiro atoms. The lowest BCUT2D eigenvalue weighted by Gasteiger charge is -2.02. The van der Waals surface area contributed by atoms with Gasteiger partial charge in [-0.1, -0.05) is 102 Å². The van der Waals surface area contributed by atoms with Crippen LogP contribution < -0.4 is 4.74 Å². The molecule has 2 heteroatoms. The summed E-state index contributed by atoms with van der Waals surface area (Å²) in [6.45, 7) is 2.27. The predicted molar refractivity (Wildman–Crippen MR) is 107 cm³/mol. The number of ether oxygens (including phenoxy) is 1. The quantitative estimate of drug-likeness (QED) is 0.145. The molecule has 0 aromatic heterocycles. The molecule has 1 aromatic rings. The highest BCUT2D eigenvalue weighted by Crippen LogP contribution is 2.13. The second-order valence-corrected chi connectivity index (χ2v) is 6.81. The number of para-hydroxylation sites is 1. The molecule has 0 atom stereocenters. The van der Waals surface area contributed by atoms with Crippen molar-refractivity contribution in [1.82, 2.24) is 0 Å². The molecule has 0 saturated heterocycles. The highest BCUT2D eigenvalue weighted by molar-refractivity contribution is 5.83. The van der Waals surface area contributed by atoms with Gasteiger partial charge in [-0.25, -0.2) is 4.79 Å². The van der Waals surface area contributed by atoms with Crippen molar-refractivity contribution in [2.24, 2.45) is 0 Å². The Morgan fingerprint density at radius 1 is 0.800 bits per heavy atom. The minimum Gasteiger partial charge on any atom is -0.423 e. The van der Waals surface area contributed by atoms with Gasteiger partial charge in [-0.2, -0.15) is 0 Å². The van der Waals surface area contributed by atoms with Gasteiger partial charge in [0.25, 0.3) is 0 Å². The molecule has 1 rings (SSSR count). The molecule has 0 saturated carbocycles. The molecule has 0 aliphatic rings. The number of esters is 1. The van der Waals surface area contributed by atoms with E-state index in [2.05, 4.69) is 6.92 Å². The first kappa shape index (κ1) is 21.5. The first-order valence-electron chi connectivity index (χ1n) is 10.3. The Morgan fingerprint density at radius 3 is 1.88 bits per heavy atom. The monoisotopic (exact) mass is 344 g/mol. The maximum Gasteiger partial charge on any atom is 0.335 e. The number of rotatable bonds is 15. The second-order valence-electron chi connectivity index (χ2n) is 6.81. The van der Waals surface area contributed by atoms with Crippen LogP contribution in [0.15, 0.2) is 42.5 Å². The van der Waals surface area contributed by atoms with Gasteiger partial charge < -0.3 is 4.74 Å². The summed E-state index contributed by atoms with van der Waals surface area (Å²) in [6.07, 6.45) is 20.7. The summed E-state index contributed by atoms with van der Waals surface area (Å²) in [7, 11) is 0. The number of carbonyl (C=O) groups is 1. The van der Waals surface area contributed by atoms with Crippen LogP contribution in [0.3, 0.4) is 0 Å². The standard InChI is InChI=1S/C23H36O2/c1-2-3-4-5-6-7-8-9-10-11-12-13-14-18-21-23(24)25-22-19-16-15-17-20-22/h15-21H,2-14H2,1H3. The van der Waals surface area contributed by atoms with Gasteiger partial charge in [0.1, 0.15) is 5.75 Å². The third-order valence-electron chi connectivity index (χ3n) is 4.44. The molecule has 2 nitrogen and oxygen atoms in total. The Balaban J connectivity index is 1.86. The fourth-order valence-corrected chi connectivity index (χ4v) is 2.92. The summed E-state index contributed by atoms with van der Waals surface area (Å²) >= 11 is 0. The summed E-state index contributed by atoms with van der Waals surface area (Å²) in [5.74, 6) is 0.313. The summed E-state index contributed by atoms with van der Waals surface area (Å²) in [4.78, 5) is 11.6. The highest BCUT2D eigenvalue weighted by atomic mass is 16.5. The van der Waals surface area contributed by atoms with E-state index in [4.69, 9.17) is 4.74 Å². The Labute approximate surface area is 154 Å². The third-order valence-corrected chi connectivity index (χ3v) is 4.44. The summed E-state index contributed by atoms with van der Waals surface area (Å²) in [5, 5.41) is 0. The molecule has 0 N–H and O–H groups in total. The lowest BCUT2D eigenvalue weighted by Crippen LogP contribution is -2.03. The normalized spacial score (nSPS) is 11.1. The molecule has 0 heterocycles. The number of unbranched alkanes of at least 4 members (excludes halogenated alkanes) is 12. The van der Waals surface area contributed by atoms with Crippen LogP contribution in [0.1, 0.15) is 90.4 Å². The molecule has 140 valence electrons. The average molecular weight is 345 g/mol. The Morgan fingerprint density at radius 2 is 1.32 bits per heavy atom. The van der Waals surface area contributed by atoms with Gasteiger partial charge in [0, 0.05) is 6.08 Å². The van der Waals surface area contributed by atoms with Gasteiger partial charge in [0.15, 0.2) is 0 Å². The van der Waals surface area contributed by atoms with Crippen LogP contribution in [0.4, 0.5) is 0 Å². The van der Waals surface area contributed by atoms with E-state index >= 15 is 0 Å². The Bertz CT molecular complexity index is 450. The molecule has 25 heavy (non-hydrogen) atoms. The summed E-state index contributed by atoms with van der Waals surface area (Å²) < 4.78 is 5.20. The van der Waals surface area contributed by atoms with Gasteiger partial charge in [0.2, 0.25) is 0 Å². The van der Waals surface area contributed by atoms with Crippen LogP contribution >= 0.6 is 0 Å². The highest BCUT2D eigenvalue weighted by Gasteiger charge is 1.98. The van der Waals surface area contributed by atoms with Gasteiger partial charge in [-0.15, -0.1) is 0 Å². The lowest BCUT2D eigenvalue weighted by atomic mass is 10.0. The topological polar surface area (TPSA) is 26.3 Å². The van der Waals surface area contributed by atoms with Crippen LogP contribution in [0.2, 0.25) is 0 Å². The molecule has 0 amide bonds. The molecule has 1 aromatic carbocycles. The smallest absolute Gasteiger partial charge is 0.335 e. The maximum absolute atomic E-state index is 11.6. The minimum atomic E-state index is -0.287. The molecular weight excluding hydrogens is 308 g/mol. The predicted octanol–water partition coefficient (Wildman–Crippen LogP) is 7.24. The average Bonchev–Trinajstić information content (AvgIpc) is 2.63. The number of hydrogen-bond donors (Lipinski definition) is 0. The van der Waals surface area contributed by atoms with Gasteiger partial charge >= 0.3 is 5.97 Å². The number of carbonyl (C=O) groups excluding carboxylic acids is 1. The van der Waals surface area contributed by atoms with E-state index in [1.54, 1.807) is 18.2 Å². The molecule has 0 aliphatic carbocycles. The summed E-state index contributed by atoms with van der Waals surface area (Å²) in [5.41, 5.74) is 0. The largest absolute Gasteiger partial charge is 0.423 e. The van der Waals surface area contributed by atoms with Crippen molar-refractivity contribution < 1.29 is 9.53 Å². The molecule has 0 aliphatic heterocycles. The van der Waals surface area contributed by atoms with Crippen molar-refractivity contribution in [1.29, 1.82) is 0 Å². The van der Waals surface area contributed by atoms with E-state index in [1.165, 1.54) is 70.6 Å². The lowest BCUT2D eigenvalue weighted by molar-refractivity contribution is -0.129. The van der Waals surface area contributed by atoms with E-state index in [0.29, 0.717) is 5.75 Å². The first-order valence-corrected chi connectivity index (χ1v) is 10.3. The number of benzene rings is 1. The van der Waals surface area contributed by atoms with Gasteiger partial charge in [-0.3, -0.25) is 0 Å². The molecule has 0 unspecified atom stereocenters.